The van der Waals surface area contributed by atoms with Crippen LogP contribution in [0.3, 0.4) is 0 Å². The van der Waals surface area contributed by atoms with Gasteiger partial charge < -0.3 is 19.5 Å². The summed E-state index contributed by atoms with van der Waals surface area (Å²) in [6.45, 7) is 3.58. The van der Waals surface area contributed by atoms with E-state index in [9.17, 15) is 24.2 Å². The number of carboxylic acids is 1. The molecule has 0 bridgehead atoms. The van der Waals surface area contributed by atoms with E-state index in [1.54, 1.807) is 34.9 Å². The van der Waals surface area contributed by atoms with Crippen LogP contribution < -0.4 is 10.2 Å². The number of benzene rings is 2. The molecule has 0 saturated carbocycles. The first-order valence-corrected chi connectivity index (χ1v) is 10.1. The highest BCUT2D eigenvalue weighted by molar-refractivity contribution is 6.32. The van der Waals surface area contributed by atoms with E-state index in [0.29, 0.717) is 16.6 Å². The second kappa shape index (κ2) is 9.08. The van der Waals surface area contributed by atoms with E-state index in [1.165, 1.54) is 13.3 Å². The molecule has 0 radical (unpaired) electrons. The maximum Gasteiger partial charge on any atom is 0.341 e. The number of aromatic nitrogens is 1. The van der Waals surface area contributed by atoms with Crippen LogP contribution in [-0.4, -0.2) is 34.5 Å². The summed E-state index contributed by atoms with van der Waals surface area (Å²) in [4.78, 5) is 24.5. The van der Waals surface area contributed by atoms with Gasteiger partial charge >= 0.3 is 5.97 Å². The zero-order chi connectivity index (χ0) is 22.9. The van der Waals surface area contributed by atoms with Crippen molar-refractivity contribution in [1.29, 1.82) is 0 Å². The second-order valence-corrected chi connectivity index (χ2v) is 8.04. The van der Waals surface area contributed by atoms with Gasteiger partial charge in [-0.15, -0.1) is 0 Å². The lowest BCUT2D eigenvalue weighted by atomic mass is 9.99. The Morgan fingerprint density at radius 1 is 1.26 bits per heavy atom. The minimum Gasteiger partial charge on any atom is -0.495 e. The van der Waals surface area contributed by atoms with Gasteiger partial charge in [-0.3, -0.25) is 4.79 Å². The molecule has 2 aromatic carbocycles. The van der Waals surface area contributed by atoms with E-state index < -0.39 is 23.3 Å². The number of aliphatic hydroxyl groups excluding tert-OH is 1. The average molecular weight is 448 g/mol. The second-order valence-electron chi connectivity index (χ2n) is 7.66. The summed E-state index contributed by atoms with van der Waals surface area (Å²) in [7, 11) is 1.39. The van der Waals surface area contributed by atoms with Crippen LogP contribution >= 0.6 is 11.6 Å². The lowest BCUT2D eigenvalue weighted by Gasteiger charge is -2.25. The van der Waals surface area contributed by atoms with Crippen molar-refractivity contribution in [2.45, 2.75) is 26.3 Å². The summed E-state index contributed by atoms with van der Waals surface area (Å²) in [6, 6.07) is 7.69. The Morgan fingerprint density at radius 3 is 2.55 bits per heavy atom. The molecule has 164 valence electrons. The molecule has 3 rings (SSSR count). The number of halogens is 2. The largest absolute Gasteiger partial charge is 0.495 e. The number of aromatic carboxylic acids is 1. The van der Waals surface area contributed by atoms with Crippen LogP contribution in [0.2, 0.25) is 5.02 Å². The summed E-state index contributed by atoms with van der Waals surface area (Å²) in [5.41, 5.74) is 0.413. The molecule has 0 aliphatic heterocycles. The van der Waals surface area contributed by atoms with Crippen molar-refractivity contribution < 1.29 is 24.1 Å². The van der Waals surface area contributed by atoms with Crippen molar-refractivity contribution in [2.75, 3.05) is 13.7 Å². The fourth-order valence-electron chi connectivity index (χ4n) is 3.65. The van der Waals surface area contributed by atoms with Crippen molar-refractivity contribution >= 4 is 28.5 Å². The highest BCUT2D eigenvalue weighted by atomic mass is 35.5. The van der Waals surface area contributed by atoms with Gasteiger partial charge in [0.25, 0.3) is 0 Å². The number of aliphatic hydroxyl groups is 1. The van der Waals surface area contributed by atoms with Gasteiger partial charge in [0.2, 0.25) is 5.43 Å². The summed E-state index contributed by atoms with van der Waals surface area (Å²) < 4.78 is 21.3. The SMILES string of the molecule is COc1ccc(Cc2ccc3c(c2)c(=O)c(C(=O)O)cn3[C@H](CO)C(C)C)c(F)c1Cl. The van der Waals surface area contributed by atoms with Crippen LogP contribution in [0.25, 0.3) is 10.9 Å². The summed E-state index contributed by atoms with van der Waals surface area (Å²) in [5, 5.41) is 19.4. The number of nitrogens with zero attached hydrogens (tertiary/aromatic N) is 1. The van der Waals surface area contributed by atoms with E-state index >= 15 is 0 Å². The number of rotatable bonds is 7. The summed E-state index contributed by atoms with van der Waals surface area (Å²) in [6.07, 6.45) is 1.42. The van der Waals surface area contributed by atoms with Gasteiger partial charge in [-0.2, -0.15) is 0 Å². The predicted octanol–water partition coefficient (Wildman–Crippen LogP) is 4.28. The third kappa shape index (κ3) is 4.29. The monoisotopic (exact) mass is 447 g/mol. The molecule has 0 aliphatic carbocycles. The van der Waals surface area contributed by atoms with Crippen LogP contribution in [0.15, 0.2) is 41.3 Å². The van der Waals surface area contributed by atoms with E-state index in [1.807, 2.05) is 13.8 Å². The number of carboxylic acid groups (broad SMARTS) is 1. The Bertz CT molecular complexity index is 1200. The van der Waals surface area contributed by atoms with Gasteiger partial charge in [0, 0.05) is 18.0 Å². The molecule has 3 aromatic rings. The molecule has 0 unspecified atom stereocenters. The smallest absolute Gasteiger partial charge is 0.341 e. The molecule has 0 aliphatic rings. The third-order valence-corrected chi connectivity index (χ3v) is 5.73. The van der Waals surface area contributed by atoms with Gasteiger partial charge in [0.05, 0.1) is 25.3 Å². The lowest BCUT2D eigenvalue weighted by Crippen LogP contribution is -2.25. The van der Waals surface area contributed by atoms with Crippen LogP contribution in [0.1, 0.15) is 41.4 Å². The molecule has 0 fully saturated rings. The minimum absolute atomic E-state index is 0.00689. The number of pyridine rings is 1. The lowest BCUT2D eigenvalue weighted by molar-refractivity contribution is 0.0694. The first kappa shape index (κ1) is 22.8. The number of ether oxygens (including phenoxy) is 1. The Morgan fingerprint density at radius 2 is 1.97 bits per heavy atom. The quantitative estimate of drug-likeness (QED) is 0.564. The molecule has 8 heteroatoms. The van der Waals surface area contributed by atoms with E-state index in [0.717, 1.165) is 0 Å². The molecular weight excluding hydrogens is 425 g/mol. The first-order valence-electron chi connectivity index (χ1n) is 9.72. The summed E-state index contributed by atoms with van der Waals surface area (Å²) >= 11 is 6.00. The third-order valence-electron chi connectivity index (χ3n) is 5.38. The van der Waals surface area contributed by atoms with Crippen molar-refractivity contribution in [3.8, 4) is 5.75 Å². The Kier molecular flexibility index (Phi) is 6.67. The Hall–Kier alpha value is -2.90. The predicted molar refractivity (Wildman–Crippen MR) is 117 cm³/mol. The molecule has 2 N–H and O–H groups in total. The molecule has 0 spiro atoms. The van der Waals surface area contributed by atoms with E-state index in [4.69, 9.17) is 16.3 Å². The van der Waals surface area contributed by atoms with Crippen molar-refractivity contribution in [1.82, 2.24) is 4.57 Å². The maximum atomic E-state index is 14.6. The van der Waals surface area contributed by atoms with E-state index in [2.05, 4.69) is 0 Å². The number of hydrogen-bond donors (Lipinski definition) is 2. The normalized spacial score (nSPS) is 12.4. The van der Waals surface area contributed by atoms with Gasteiger partial charge in [-0.1, -0.05) is 37.6 Å². The topological polar surface area (TPSA) is 88.8 Å². The van der Waals surface area contributed by atoms with Crippen LogP contribution in [0, 0.1) is 11.7 Å². The van der Waals surface area contributed by atoms with Crippen molar-refractivity contribution in [3.05, 3.63) is 74.3 Å². The maximum absolute atomic E-state index is 14.6. The Labute approximate surface area is 183 Å². The fourth-order valence-corrected chi connectivity index (χ4v) is 3.91. The van der Waals surface area contributed by atoms with Gasteiger partial charge in [-0.05, 0) is 35.2 Å². The Balaban J connectivity index is 2.18. The number of methoxy groups -OCH3 is 1. The zero-order valence-electron chi connectivity index (χ0n) is 17.4. The minimum atomic E-state index is -1.35. The number of fused-ring (bicyclic) bond motifs is 1. The first-order chi connectivity index (χ1) is 14.7. The average Bonchev–Trinajstić information content (AvgIpc) is 2.73. The standard InChI is InChI=1S/C23H23ClFNO5/c1-12(2)18(11-27)26-10-16(23(29)30)22(28)15-9-13(4-6-17(15)26)8-14-5-7-19(31-3)20(24)21(14)25/h4-7,9-10,12,18,27H,8,11H2,1-3H3,(H,29,30)/t18-/m1/s1. The molecule has 1 aromatic heterocycles. The summed E-state index contributed by atoms with van der Waals surface area (Å²) in [5.74, 6) is -1.75. The molecule has 1 atom stereocenters. The fraction of sp³-hybridized carbons (Fsp3) is 0.304. The van der Waals surface area contributed by atoms with Gasteiger partial charge in [-0.25, -0.2) is 9.18 Å². The van der Waals surface area contributed by atoms with E-state index in [-0.39, 0.29) is 40.7 Å². The molecule has 1 heterocycles. The highest BCUT2D eigenvalue weighted by Crippen LogP contribution is 2.31. The zero-order valence-corrected chi connectivity index (χ0v) is 18.1. The number of carbonyl (C=O) groups is 1. The molecule has 6 nitrogen and oxygen atoms in total. The van der Waals surface area contributed by atoms with Crippen LogP contribution in [-0.2, 0) is 6.42 Å². The molecule has 0 amide bonds. The van der Waals surface area contributed by atoms with Crippen molar-refractivity contribution in [2.24, 2.45) is 5.92 Å². The highest BCUT2D eigenvalue weighted by Gasteiger charge is 2.21. The van der Waals surface area contributed by atoms with Crippen LogP contribution in [0.4, 0.5) is 4.39 Å². The van der Waals surface area contributed by atoms with Crippen molar-refractivity contribution in [3.63, 3.8) is 0 Å². The van der Waals surface area contributed by atoms with Gasteiger partial charge in [0.1, 0.15) is 22.2 Å². The van der Waals surface area contributed by atoms with Gasteiger partial charge in [0.15, 0.2) is 0 Å². The molecule has 31 heavy (non-hydrogen) atoms. The van der Waals surface area contributed by atoms with Crippen LogP contribution in [0.5, 0.6) is 5.75 Å². The number of hydrogen-bond acceptors (Lipinski definition) is 4. The molecule has 0 saturated heterocycles. The molecular formula is C23H23ClFNO5.